The fourth-order valence-electron chi connectivity index (χ4n) is 6.70. The highest BCUT2D eigenvalue weighted by Gasteiger charge is 2.34. The number of carbonyl (C=O) groups excluding carboxylic acids is 5. The molecule has 282 valence electrons. The van der Waals surface area contributed by atoms with Crippen LogP contribution in [0.25, 0.3) is 18.2 Å². The van der Waals surface area contributed by atoms with Gasteiger partial charge in [-0.05, 0) is 92.5 Å². The number of aromatic amines is 2. The summed E-state index contributed by atoms with van der Waals surface area (Å²) >= 11 is 1.18. The second-order valence-electron chi connectivity index (χ2n) is 13.2. The Morgan fingerprint density at radius 2 is 1.49 bits per heavy atom. The topological polar surface area (TPSA) is 160 Å². The molecule has 0 aliphatic carbocycles. The van der Waals surface area contributed by atoms with Crippen LogP contribution in [0.2, 0.25) is 0 Å². The first-order chi connectivity index (χ1) is 25.3. The van der Waals surface area contributed by atoms with E-state index in [1.807, 2.05) is 45.9 Å². The van der Waals surface area contributed by atoms with Gasteiger partial charge in [-0.3, -0.25) is 24.0 Å². The lowest BCUT2D eigenvalue weighted by atomic mass is 9.92. The number of nitrogens with one attached hydrogen (secondary N) is 3. The lowest BCUT2D eigenvalue weighted by molar-refractivity contribution is -0.143. The average Bonchev–Trinajstić information content (AvgIpc) is 3.76. The lowest BCUT2D eigenvalue weighted by Crippen LogP contribution is -2.16. The molecule has 12 heteroatoms. The molecule has 2 aliphatic heterocycles. The first-order valence-corrected chi connectivity index (χ1v) is 18.9. The van der Waals surface area contributed by atoms with Crippen molar-refractivity contribution in [3.8, 4) is 0 Å². The van der Waals surface area contributed by atoms with Crippen LogP contribution in [0, 0.1) is 25.7 Å². The maximum Gasteiger partial charge on any atom is 0.306 e. The van der Waals surface area contributed by atoms with Crippen LogP contribution in [0.4, 0.5) is 0 Å². The van der Waals surface area contributed by atoms with Gasteiger partial charge in [0.2, 0.25) is 5.91 Å². The summed E-state index contributed by atoms with van der Waals surface area (Å²) in [5.74, 6) is -0.609. The number of amides is 2. The number of aromatic nitrogens is 2. The average molecular weight is 743 g/mol. The predicted octanol–water partition coefficient (Wildman–Crippen LogP) is 4.99. The molecule has 0 aromatic carbocycles. The summed E-state index contributed by atoms with van der Waals surface area (Å²) in [5, 5.41) is 4.51. The minimum atomic E-state index is -0.360. The van der Waals surface area contributed by atoms with Gasteiger partial charge in [-0.15, -0.1) is 0 Å². The molecule has 2 aromatic heterocycles. The van der Waals surface area contributed by atoms with E-state index in [1.165, 1.54) is 30.8 Å². The number of nitrogens with zero attached hydrogens (tertiary/aromatic N) is 1. The quantitative estimate of drug-likeness (QED) is 0.151. The molecule has 4 heterocycles. The van der Waals surface area contributed by atoms with Crippen LogP contribution >= 0.6 is 11.8 Å². The molecule has 11 nitrogen and oxygen atoms in total. The highest BCUT2D eigenvalue weighted by atomic mass is 32.2. The maximum atomic E-state index is 12.9. The number of aliphatic imine (C=N–C) groups is 1. The van der Waals surface area contributed by atoms with Gasteiger partial charge in [0.25, 0.3) is 5.91 Å². The van der Waals surface area contributed by atoms with Crippen molar-refractivity contribution in [1.29, 1.82) is 0 Å². The van der Waals surface area contributed by atoms with Gasteiger partial charge in [-0.25, -0.2) is 4.99 Å². The second-order valence-corrected chi connectivity index (χ2v) is 14.5. The van der Waals surface area contributed by atoms with Gasteiger partial charge in [0.15, 0.2) is 5.12 Å². The van der Waals surface area contributed by atoms with E-state index in [4.69, 9.17) is 9.47 Å². The molecule has 1 fully saturated rings. The molecule has 0 saturated carbocycles. The number of hydrogen-bond donors (Lipinski definition) is 3. The maximum absolute atomic E-state index is 12.9. The number of H-pyrrole nitrogens is 2. The third-order valence-corrected chi connectivity index (χ3v) is 10.6. The number of carbonyl (C=O) groups is 5. The summed E-state index contributed by atoms with van der Waals surface area (Å²) in [6.45, 7) is 18.8. The van der Waals surface area contributed by atoms with Gasteiger partial charge in [0.1, 0.15) is 13.2 Å². The Morgan fingerprint density at radius 3 is 2.09 bits per heavy atom. The SMILES string of the molecule is C=CCOC(=O)CCc1c(/C=c2\[nH]/c(=C\C3=NC(=O)C(CCSC(C)=O)=C3C)c(C)c2CCC(=O)OCC=C)[nH]c(/C=C2\NC(=O)C(C)C2CC)c1C. The molecule has 1 saturated heterocycles. The fraction of sp³-hybridized carbons (Fsp3) is 0.415. The van der Waals surface area contributed by atoms with Crippen LogP contribution < -0.4 is 16.0 Å². The summed E-state index contributed by atoms with van der Waals surface area (Å²) in [5.41, 5.74) is 7.90. The Hall–Kier alpha value is -4.97. The summed E-state index contributed by atoms with van der Waals surface area (Å²) in [7, 11) is 0. The molecule has 53 heavy (non-hydrogen) atoms. The minimum absolute atomic E-state index is 0.00466. The molecule has 2 amide bonds. The van der Waals surface area contributed by atoms with Crippen LogP contribution in [-0.2, 0) is 46.3 Å². The predicted molar refractivity (Wildman–Crippen MR) is 209 cm³/mol. The monoisotopic (exact) mass is 742 g/mol. The van der Waals surface area contributed by atoms with E-state index < -0.39 is 0 Å². The van der Waals surface area contributed by atoms with Crippen molar-refractivity contribution >= 4 is 64.6 Å². The van der Waals surface area contributed by atoms with Crippen molar-refractivity contribution in [1.82, 2.24) is 15.3 Å². The third kappa shape index (κ3) is 10.1. The number of esters is 2. The number of rotatable bonds is 17. The highest BCUT2D eigenvalue weighted by molar-refractivity contribution is 8.13. The molecule has 0 radical (unpaired) electrons. The Labute approximate surface area is 314 Å². The van der Waals surface area contributed by atoms with Gasteiger partial charge in [-0.1, -0.05) is 50.9 Å². The van der Waals surface area contributed by atoms with E-state index >= 15 is 0 Å². The zero-order valence-electron chi connectivity index (χ0n) is 31.5. The molecule has 0 spiro atoms. The number of thioether (sulfide) groups is 1. The van der Waals surface area contributed by atoms with Crippen molar-refractivity contribution in [3.63, 3.8) is 0 Å². The van der Waals surface area contributed by atoms with Crippen LogP contribution in [0.3, 0.4) is 0 Å². The molecule has 3 N–H and O–H groups in total. The molecule has 2 aliphatic rings. The van der Waals surface area contributed by atoms with Gasteiger partial charge in [0, 0.05) is 70.7 Å². The summed E-state index contributed by atoms with van der Waals surface area (Å²) in [6, 6.07) is 0. The zero-order chi connectivity index (χ0) is 38.8. The fourth-order valence-corrected chi connectivity index (χ4v) is 7.29. The largest absolute Gasteiger partial charge is 0.461 e. The molecule has 2 atom stereocenters. The molecule has 2 unspecified atom stereocenters. The van der Waals surface area contributed by atoms with E-state index in [9.17, 15) is 24.0 Å². The smallest absolute Gasteiger partial charge is 0.306 e. The Balaban J connectivity index is 1.85. The summed E-state index contributed by atoms with van der Waals surface area (Å²) < 4.78 is 10.5. The highest BCUT2D eigenvalue weighted by Crippen LogP contribution is 2.32. The molecular weight excluding hydrogens is 693 g/mol. The zero-order valence-corrected chi connectivity index (χ0v) is 32.3. The van der Waals surface area contributed by atoms with Gasteiger partial charge in [-0.2, -0.15) is 0 Å². The standard InChI is InChI=1S/C41H50N4O7S/c1-9-17-51-38(47)14-12-29-23(4)32(20-34-25(6)31(41(50)44-34)16-19-53-27(8)46)42-36(29)22-37-30(13-15-39(48)52-18-10-2)24(5)33(43-37)21-35-28(11-3)26(7)40(49)45-35/h9-10,20-22,26,28,42-43H,1-2,11-19H2,3-8H3,(H,45,49)/b32-20-,35-21-,36-22-. The van der Waals surface area contributed by atoms with Crippen molar-refractivity contribution in [2.24, 2.45) is 16.8 Å². The van der Waals surface area contributed by atoms with E-state index in [-0.39, 0.29) is 66.8 Å². The molecule has 2 aromatic rings. The van der Waals surface area contributed by atoms with Crippen molar-refractivity contribution in [3.05, 3.63) is 86.5 Å². The number of ether oxygens (including phenoxy) is 2. The van der Waals surface area contributed by atoms with Crippen LogP contribution in [-0.4, -0.2) is 63.5 Å². The van der Waals surface area contributed by atoms with E-state index in [0.717, 1.165) is 62.0 Å². The van der Waals surface area contributed by atoms with Crippen molar-refractivity contribution in [2.75, 3.05) is 19.0 Å². The molecular formula is C41H50N4O7S. The van der Waals surface area contributed by atoms with Crippen LogP contribution in [0.5, 0.6) is 0 Å². The summed E-state index contributed by atoms with van der Waals surface area (Å²) in [4.78, 5) is 73.5. The normalized spacial score (nSPS) is 18.5. The van der Waals surface area contributed by atoms with E-state index in [1.54, 1.807) is 0 Å². The molecule has 4 rings (SSSR count). The van der Waals surface area contributed by atoms with Crippen LogP contribution in [0.1, 0.15) is 87.0 Å². The number of allylic oxidation sites excluding steroid dienone is 2. The third-order valence-electron chi connectivity index (χ3n) is 9.75. The van der Waals surface area contributed by atoms with E-state index in [2.05, 4.69) is 40.4 Å². The summed E-state index contributed by atoms with van der Waals surface area (Å²) in [6.07, 6.45) is 11.1. The van der Waals surface area contributed by atoms with Crippen LogP contribution in [0.15, 0.2) is 47.1 Å². The van der Waals surface area contributed by atoms with E-state index in [0.29, 0.717) is 36.3 Å². The van der Waals surface area contributed by atoms with Gasteiger partial charge >= 0.3 is 11.9 Å². The Kier molecular flexibility index (Phi) is 14.4. The number of hydrogen-bond acceptors (Lipinski definition) is 8. The molecule has 0 bridgehead atoms. The first kappa shape index (κ1) is 40.8. The second kappa shape index (κ2) is 18.7. The lowest BCUT2D eigenvalue weighted by Gasteiger charge is -2.11. The minimum Gasteiger partial charge on any atom is -0.461 e. The van der Waals surface area contributed by atoms with Crippen molar-refractivity contribution in [2.45, 2.75) is 80.1 Å². The Bertz CT molecular complexity index is 2030. The Morgan fingerprint density at radius 1 is 0.849 bits per heavy atom. The first-order valence-electron chi connectivity index (χ1n) is 17.9. The van der Waals surface area contributed by atoms with Gasteiger partial charge < -0.3 is 24.8 Å². The van der Waals surface area contributed by atoms with Gasteiger partial charge in [0.05, 0.1) is 5.71 Å². The van der Waals surface area contributed by atoms with Crippen molar-refractivity contribution < 1.29 is 33.4 Å².